The Kier molecular flexibility index (Phi) is 37.4. The molecule has 2 unspecified atom stereocenters. The zero-order chi connectivity index (χ0) is 105. The first-order chi connectivity index (χ1) is 53.1. The van der Waals surface area contributed by atoms with Gasteiger partial charge in [-0.1, -0.05) is 43.1 Å². The second-order valence-corrected chi connectivity index (χ2v) is 27.5. The summed E-state index contributed by atoms with van der Waals surface area (Å²) >= 11 is 0. The van der Waals surface area contributed by atoms with Crippen LogP contribution in [0, 0.1) is 0 Å². The summed E-state index contributed by atoms with van der Waals surface area (Å²) in [6.07, 6.45) is -113. The van der Waals surface area contributed by atoms with E-state index in [1.165, 1.54) is 18.9 Å². The van der Waals surface area contributed by atoms with Crippen molar-refractivity contribution in [2.75, 3.05) is 0 Å². The van der Waals surface area contributed by atoms with Gasteiger partial charge in [-0.3, -0.25) is 14.2 Å². The van der Waals surface area contributed by atoms with Crippen molar-refractivity contribution >= 4 is 61.3 Å². The molecule has 0 saturated heterocycles. The molecule has 0 radical (unpaired) electrons. The molecular weight excluding hydrogens is 2150 g/mol. The monoisotopic (exact) mass is 2160 g/mol. The van der Waals surface area contributed by atoms with E-state index in [0.717, 1.165) is 0 Å². The highest BCUT2D eigenvalue weighted by Crippen LogP contribution is 2.61. The van der Waals surface area contributed by atoms with Crippen LogP contribution in [0.25, 0.3) is 0 Å². The predicted octanol–water partition coefficient (Wildman–Crippen LogP) is 18.8. The molecule has 0 amide bonds. The maximum atomic E-state index is 14.2. The molecule has 2 atom stereocenters. The fourth-order valence-corrected chi connectivity index (χ4v) is 6.69. The Morgan fingerprint density at radius 2 is 0.373 bits per heavy atom. The third kappa shape index (κ3) is 27.5. The number of ether oxygens (including phenoxy) is 10. The first-order valence-electron chi connectivity index (χ1n) is 24.6. The minimum atomic E-state index is -8.16. The van der Waals surface area contributed by atoms with Crippen LogP contribution in [0.1, 0.15) is 0 Å². The van der Waals surface area contributed by atoms with Crippen LogP contribution in [-0.2, 0) is 109 Å². The summed E-state index contributed by atoms with van der Waals surface area (Å²) in [6.45, 7) is 8.40. The summed E-state index contributed by atoms with van der Waals surface area (Å²) in [5.74, 6) is -39.9. The van der Waals surface area contributed by atoms with Gasteiger partial charge >= 0.3 is 214 Å². The van der Waals surface area contributed by atoms with Gasteiger partial charge in [0.1, 0.15) is 0 Å². The summed E-state index contributed by atoms with van der Waals surface area (Å²) in [7, 11) is -47.1. The number of hydrogen-bond donors (Lipinski definition) is 0. The molecule has 0 saturated carbocycles. The average molecular weight is 2160 g/mol. The quantitative estimate of drug-likeness (QED) is 0.0313. The largest absolute Gasteiger partial charge is 0.527 e. The molecule has 0 fully saturated rings. The summed E-state index contributed by atoms with van der Waals surface area (Å²) in [4.78, 5) is 0. The van der Waals surface area contributed by atoms with Gasteiger partial charge in [-0.05, 0) is 13.2 Å². The van der Waals surface area contributed by atoms with Gasteiger partial charge in [0.25, 0.3) is 12.0 Å². The third-order valence-corrected chi connectivity index (χ3v) is 15.2. The molecule has 756 valence electrons. The molecule has 0 heterocycles. The summed E-state index contributed by atoms with van der Waals surface area (Å²) in [6, 6.07) is -6.17. The topological polar surface area (TPSA) is 297 Å². The lowest BCUT2D eigenvalue weighted by Gasteiger charge is -2.40. The van der Waals surface area contributed by atoms with E-state index in [4.69, 9.17) is 0 Å². The molecule has 0 aromatic carbocycles. The molecule has 0 aromatic rings. The molecule has 90 heteroatoms. The average Bonchev–Trinajstić information content (AvgIpc) is 0.716. The lowest BCUT2D eigenvalue weighted by molar-refractivity contribution is -0.555. The molecule has 0 aliphatic carbocycles. The molecule has 0 spiro atoms. The standard InChI is InChI=1S/C9H2F16O7S2.C9H2F16O3.C7H2F12O4S.C6H2F10O5S2.C5H2F8O3S/c1-2(10)30-4(12,13)3(11,31-6(16,17)8(20,21)33(24,26)27)5(14,15)32-7(18,19)9(22,23)34(25,28)29;1-2(10)3(11,12)26-7(19,20)8(21,22)27-5(15,16)4(13,14)6(17,18)28-9(23,24)25;1-2(8)22-5(13,14)3(9,4(10,11)12)23-6(15,16)7(17,18)24(19,20)21;1-2(7)3(8,9)21-4(10,5(11,12)22(15,17)18)6(13,14)23(16,19)20;1-2(6)3(7,8)16-4(9,10)5(11,12)17(13,14)15/h1H2;1H2;1H2;1H2;1H2. The van der Waals surface area contributed by atoms with Crippen molar-refractivity contribution in [1.82, 2.24) is 0 Å². The van der Waals surface area contributed by atoms with Crippen LogP contribution in [0.3, 0.4) is 0 Å². The highest BCUT2D eigenvalue weighted by atomic mass is 32.3. The second kappa shape index (κ2) is 36.8. The Bertz CT molecular complexity index is 4550. The van der Waals surface area contributed by atoms with Crippen molar-refractivity contribution in [2.24, 2.45) is 0 Å². The van der Waals surface area contributed by atoms with E-state index in [1.807, 2.05) is 9.47 Å². The lowest BCUT2D eigenvalue weighted by atomic mass is 10.2. The number of alkyl halides is 51. The van der Waals surface area contributed by atoms with Gasteiger partial charge < -0.3 is 9.47 Å². The molecule has 22 nitrogen and oxygen atoms in total. The maximum Gasteiger partial charge on any atom is 0.527 e. The Morgan fingerprint density at radius 3 is 0.587 bits per heavy atom. The summed E-state index contributed by atoms with van der Waals surface area (Å²) < 4.78 is 918. The van der Waals surface area contributed by atoms with Gasteiger partial charge in [-0.25, -0.2) is 36.9 Å². The Labute approximate surface area is 643 Å². The van der Waals surface area contributed by atoms with Crippen molar-refractivity contribution in [3.63, 3.8) is 0 Å². The predicted molar refractivity (Wildman–Crippen MR) is 250 cm³/mol. The lowest BCUT2D eigenvalue weighted by Crippen LogP contribution is -2.68. The van der Waals surface area contributed by atoms with Crippen molar-refractivity contribution < 1.29 is 367 Å². The van der Waals surface area contributed by atoms with Crippen molar-refractivity contribution in [2.45, 2.75) is 153 Å². The molecule has 0 aliphatic heterocycles. The minimum absolute atomic E-state index is 1.30. The first kappa shape index (κ1) is 128. The van der Waals surface area contributed by atoms with Crippen molar-refractivity contribution in [1.29, 1.82) is 0 Å². The van der Waals surface area contributed by atoms with Crippen molar-refractivity contribution in [3.8, 4) is 0 Å². The smallest absolute Gasteiger partial charge is 0.402 e. The van der Waals surface area contributed by atoms with Gasteiger partial charge in [0, 0.05) is 0 Å². The van der Waals surface area contributed by atoms with E-state index in [1.54, 1.807) is 42.4 Å². The highest BCUT2D eigenvalue weighted by Gasteiger charge is 2.89. The normalized spacial score (nSPS) is 16.3. The van der Waals surface area contributed by atoms with Crippen LogP contribution in [-0.4, -0.2) is 204 Å². The van der Waals surface area contributed by atoms with E-state index < -0.39 is 244 Å². The van der Waals surface area contributed by atoms with Gasteiger partial charge in [-0.2, -0.15) is 270 Å². The molecule has 0 aliphatic rings. The van der Waals surface area contributed by atoms with Crippen LogP contribution in [0.15, 0.2) is 62.4 Å². The summed E-state index contributed by atoms with van der Waals surface area (Å²) in [5, 5.41) is -43.9. The third-order valence-electron chi connectivity index (χ3n) is 10.00. The maximum absolute atomic E-state index is 14.2. The summed E-state index contributed by atoms with van der Waals surface area (Å²) in [5.41, 5.74) is 0. The molecule has 0 N–H and O–H groups in total. The van der Waals surface area contributed by atoms with Crippen LogP contribution in [0.5, 0.6) is 0 Å². The van der Waals surface area contributed by atoms with E-state index in [2.05, 4.69) is 9.47 Å². The number of halogens is 62. The fourth-order valence-electron chi connectivity index (χ4n) is 4.35. The van der Waals surface area contributed by atoms with Gasteiger partial charge in [-0.15, -0.1) is 13.2 Å². The molecule has 0 aromatic heterocycles. The SMILES string of the molecule is C=C(F)C(F)(F)OC(F)(C(F)(F)S(=O)(=O)F)C(F)(F)S(=O)(=O)F.C=C(F)C(F)(F)OC(F)(F)C(F)(F)OC(F)(F)C(F)(F)C(F)(F)OC(F)(F)F.C=C(F)C(F)(F)OC(F)(F)C(F)(F)S(=O)(=O)F.C=C(F)OC(F)(F)C(F)(OC(F)(F)C(F)(F)S(=O)(=O)F)C(F)(F)F.C=C(F)OC(F)(F)C(F)(OC(F)(F)C(F)(F)S(=O)(=O)F)C(F)(F)OC(F)(F)C(F)(F)S(=O)(=O)F. The fraction of sp³-hybridized carbons (Fsp3) is 0.722. The van der Waals surface area contributed by atoms with E-state index in [-0.39, 0.29) is 0 Å². The second-order valence-electron chi connectivity index (χ2n) is 19.2. The number of rotatable bonds is 40. The Hall–Kier alpha value is -6.66. The van der Waals surface area contributed by atoms with Crippen LogP contribution in [0.2, 0.25) is 0 Å². The number of hydrogen-bond acceptors (Lipinski definition) is 22. The molecule has 0 bridgehead atoms. The minimum Gasteiger partial charge on any atom is -0.402 e. The first-order valence-corrected chi connectivity index (χ1v) is 32.9. The Morgan fingerprint density at radius 1 is 0.190 bits per heavy atom. The van der Waals surface area contributed by atoms with Gasteiger partial charge in [0.2, 0.25) is 0 Å². The Balaban J connectivity index is -0.000000492. The van der Waals surface area contributed by atoms with Crippen LogP contribution >= 0.6 is 0 Å². The van der Waals surface area contributed by atoms with E-state index in [0.29, 0.717) is 0 Å². The van der Waals surface area contributed by atoms with Gasteiger partial charge in [0.05, 0.1) is 0 Å². The molecular formula is C36H10F62O22S6. The molecule has 126 heavy (non-hydrogen) atoms. The van der Waals surface area contributed by atoms with E-state index >= 15 is 0 Å². The zero-order valence-corrected chi connectivity index (χ0v) is 58.8. The van der Waals surface area contributed by atoms with Crippen LogP contribution in [0.4, 0.5) is 269 Å². The molecule has 0 rings (SSSR count). The van der Waals surface area contributed by atoms with E-state index in [9.17, 15) is 320 Å². The zero-order valence-electron chi connectivity index (χ0n) is 53.9. The van der Waals surface area contributed by atoms with Crippen molar-refractivity contribution in [3.05, 3.63) is 62.4 Å². The van der Waals surface area contributed by atoms with Crippen LogP contribution < -0.4 is 0 Å². The van der Waals surface area contributed by atoms with Gasteiger partial charge in [0.15, 0.2) is 17.5 Å². The highest BCUT2D eigenvalue weighted by molar-refractivity contribution is 7.89.